The monoisotopic (exact) mass is 359 g/mol. The summed E-state index contributed by atoms with van der Waals surface area (Å²) in [5.41, 5.74) is 2.06. The summed E-state index contributed by atoms with van der Waals surface area (Å²) in [5.74, 6) is -0.166. The predicted molar refractivity (Wildman–Crippen MR) is 102 cm³/mol. The van der Waals surface area contributed by atoms with Gasteiger partial charge in [0.25, 0.3) is 5.91 Å². The highest BCUT2D eigenvalue weighted by molar-refractivity contribution is 6.30. The fourth-order valence-corrected chi connectivity index (χ4v) is 2.57. The second-order valence-corrected chi connectivity index (χ2v) is 5.90. The number of carbonyl (C=O) groups excluding carboxylic acids is 2. The Balaban J connectivity index is 1.89. The Kier molecular flexibility index (Phi) is 6.83. The maximum atomic E-state index is 12.2. The average Bonchev–Trinajstić information content (AvgIpc) is 2.61. The first-order valence-electron chi connectivity index (χ1n) is 8.22. The topological polar surface area (TPSA) is 61.4 Å². The van der Waals surface area contributed by atoms with Gasteiger partial charge in [-0.25, -0.2) is 0 Å². The summed E-state index contributed by atoms with van der Waals surface area (Å²) in [7, 11) is 0. The highest BCUT2D eigenvalue weighted by Gasteiger charge is 2.12. The molecule has 132 valence electrons. The molecule has 0 aliphatic carbocycles. The van der Waals surface area contributed by atoms with Crippen LogP contribution in [0.3, 0.4) is 0 Å². The van der Waals surface area contributed by atoms with Crippen LogP contribution in [0.25, 0.3) is 0 Å². The molecule has 0 saturated heterocycles. The van der Waals surface area contributed by atoms with Crippen LogP contribution in [-0.4, -0.2) is 36.3 Å². The van der Waals surface area contributed by atoms with Crippen molar-refractivity contribution in [2.45, 2.75) is 13.8 Å². The van der Waals surface area contributed by atoms with Crippen molar-refractivity contribution in [3.05, 3.63) is 59.1 Å². The summed E-state index contributed by atoms with van der Waals surface area (Å²) in [6, 6.07) is 14.1. The molecule has 0 spiro atoms. The maximum absolute atomic E-state index is 12.2. The van der Waals surface area contributed by atoms with Crippen LogP contribution in [-0.2, 0) is 4.79 Å². The van der Waals surface area contributed by atoms with E-state index in [9.17, 15) is 9.59 Å². The standard InChI is InChI=1S/C19H22ClN3O2/c1-3-23(4-2)19(25)14-8-10-16(11-9-14)21-13-18(24)22-17-7-5-6-15(20)12-17/h5-12,21H,3-4,13H2,1-2H3,(H,22,24). The molecule has 0 aliphatic heterocycles. The van der Waals surface area contributed by atoms with Crippen molar-refractivity contribution in [1.82, 2.24) is 4.90 Å². The van der Waals surface area contributed by atoms with Crippen molar-refractivity contribution in [1.29, 1.82) is 0 Å². The maximum Gasteiger partial charge on any atom is 0.253 e. The molecule has 0 unspecified atom stereocenters. The van der Waals surface area contributed by atoms with Gasteiger partial charge in [-0.15, -0.1) is 0 Å². The van der Waals surface area contributed by atoms with Crippen molar-refractivity contribution in [3.63, 3.8) is 0 Å². The number of hydrogen-bond donors (Lipinski definition) is 2. The molecule has 25 heavy (non-hydrogen) atoms. The Morgan fingerprint density at radius 2 is 1.68 bits per heavy atom. The third-order valence-corrected chi connectivity index (χ3v) is 3.98. The van der Waals surface area contributed by atoms with E-state index in [1.807, 2.05) is 13.8 Å². The van der Waals surface area contributed by atoms with Gasteiger partial charge in [0.2, 0.25) is 5.91 Å². The number of rotatable bonds is 7. The smallest absolute Gasteiger partial charge is 0.253 e. The van der Waals surface area contributed by atoms with Gasteiger partial charge in [0.05, 0.1) is 6.54 Å². The van der Waals surface area contributed by atoms with E-state index in [1.54, 1.807) is 53.4 Å². The Hall–Kier alpha value is -2.53. The molecule has 2 rings (SSSR count). The number of anilines is 2. The van der Waals surface area contributed by atoms with E-state index in [-0.39, 0.29) is 18.4 Å². The number of amides is 2. The summed E-state index contributed by atoms with van der Waals surface area (Å²) in [5, 5.41) is 6.37. The molecule has 5 nitrogen and oxygen atoms in total. The van der Waals surface area contributed by atoms with E-state index in [0.717, 1.165) is 5.69 Å². The molecule has 2 aromatic carbocycles. The van der Waals surface area contributed by atoms with Gasteiger partial charge in [-0.2, -0.15) is 0 Å². The second-order valence-electron chi connectivity index (χ2n) is 5.47. The lowest BCUT2D eigenvalue weighted by Crippen LogP contribution is -2.30. The third kappa shape index (κ3) is 5.50. The largest absolute Gasteiger partial charge is 0.376 e. The van der Waals surface area contributed by atoms with Gasteiger partial charge in [-0.1, -0.05) is 17.7 Å². The lowest BCUT2D eigenvalue weighted by molar-refractivity contribution is -0.114. The molecule has 0 heterocycles. The molecule has 2 aromatic rings. The summed E-state index contributed by atoms with van der Waals surface area (Å²) >= 11 is 5.89. The molecule has 0 radical (unpaired) electrons. The Morgan fingerprint density at radius 1 is 1.00 bits per heavy atom. The van der Waals surface area contributed by atoms with E-state index < -0.39 is 0 Å². The molecule has 0 aliphatic rings. The van der Waals surface area contributed by atoms with Crippen LogP contribution >= 0.6 is 11.6 Å². The van der Waals surface area contributed by atoms with Gasteiger partial charge in [0.15, 0.2) is 0 Å². The Labute approximate surface area is 153 Å². The first-order chi connectivity index (χ1) is 12.0. The summed E-state index contributed by atoms with van der Waals surface area (Å²) < 4.78 is 0. The SMILES string of the molecule is CCN(CC)C(=O)c1ccc(NCC(=O)Nc2cccc(Cl)c2)cc1. The summed E-state index contributed by atoms with van der Waals surface area (Å²) in [4.78, 5) is 26.0. The normalized spacial score (nSPS) is 10.2. The van der Waals surface area contributed by atoms with Crippen LogP contribution in [0.4, 0.5) is 11.4 Å². The van der Waals surface area contributed by atoms with E-state index in [4.69, 9.17) is 11.6 Å². The molecule has 2 N–H and O–H groups in total. The second kappa shape index (κ2) is 9.08. The zero-order chi connectivity index (χ0) is 18.2. The summed E-state index contributed by atoms with van der Waals surface area (Å²) in [6.07, 6.45) is 0. The number of carbonyl (C=O) groups is 2. The highest BCUT2D eigenvalue weighted by Crippen LogP contribution is 2.15. The number of nitrogens with zero attached hydrogens (tertiary/aromatic N) is 1. The fraction of sp³-hybridized carbons (Fsp3) is 0.263. The Morgan fingerprint density at radius 3 is 2.28 bits per heavy atom. The van der Waals surface area contributed by atoms with Crippen molar-refractivity contribution in [3.8, 4) is 0 Å². The first kappa shape index (κ1) is 18.8. The molecular weight excluding hydrogens is 338 g/mol. The van der Waals surface area contributed by atoms with Crippen LogP contribution in [0.2, 0.25) is 5.02 Å². The molecule has 0 saturated carbocycles. The van der Waals surface area contributed by atoms with Gasteiger partial charge in [0, 0.05) is 35.1 Å². The molecular formula is C19H22ClN3O2. The van der Waals surface area contributed by atoms with Gasteiger partial charge in [-0.3, -0.25) is 9.59 Å². The number of hydrogen-bond acceptors (Lipinski definition) is 3. The van der Waals surface area contributed by atoms with Crippen LogP contribution in [0.15, 0.2) is 48.5 Å². The number of nitrogens with one attached hydrogen (secondary N) is 2. The predicted octanol–water partition coefficient (Wildman–Crippen LogP) is 3.87. The number of benzene rings is 2. The minimum atomic E-state index is -0.175. The van der Waals surface area contributed by atoms with Crippen LogP contribution in [0, 0.1) is 0 Å². The highest BCUT2D eigenvalue weighted by atomic mass is 35.5. The first-order valence-corrected chi connectivity index (χ1v) is 8.60. The van der Waals surface area contributed by atoms with Gasteiger partial charge in [0.1, 0.15) is 0 Å². The lowest BCUT2D eigenvalue weighted by atomic mass is 10.2. The van der Waals surface area contributed by atoms with Crippen molar-refractivity contribution in [2.24, 2.45) is 0 Å². The van der Waals surface area contributed by atoms with Gasteiger partial charge in [-0.05, 0) is 56.3 Å². The van der Waals surface area contributed by atoms with Crippen LogP contribution < -0.4 is 10.6 Å². The minimum Gasteiger partial charge on any atom is -0.376 e. The van der Waals surface area contributed by atoms with Crippen LogP contribution in [0.1, 0.15) is 24.2 Å². The quantitative estimate of drug-likeness (QED) is 0.788. The molecule has 0 aromatic heterocycles. The van der Waals surface area contributed by atoms with E-state index in [2.05, 4.69) is 10.6 Å². The van der Waals surface area contributed by atoms with Crippen molar-refractivity contribution < 1.29 is 9.59 Å². The molecule has 0 fully saturated rings. The molecule has 2 amide bonds. The zero-order valence-electron chi connectivity index (χ0n) is 14.4. The van der Waals surface area contributed by atoms with E-state index in [1.165, 1.54) is 0 Å². The zero-order valence-corrected chi connectivity index (χ0v) is 15.1. The van der Waals surface area contributed by atoms with E-state index >= 15 is 0 Å². The molecule has 6 heteroatoms. The fourth-order valence-electron chi connectivity index (χ4n) is 2.38. The number of halogens is 1. The third-order valence-electron chi connectivity index (χ3n) is 3.74. The van der Waals surface area contributed by atoms with Crippen molar-refractivity contribution >= 4 is 34.8 Å². The van der Waals surface area contributed by atoms with E-state index in [0.29, 0.717) is 29.4 Å². The average molecular weight is 360 g/mol. The van der Waals surface area contributed by atoms with Gasteiger partial charge >= 0.3 is 0 Å². The molecule has 0 atom stereocenters. The van der Waals surface area contributed by atoms with Gasteiger partial charge < -0.3 is 15.5 Å². The molecule has 0 bridgehead atoms. The Bertz CT molecular complexity index is 728. The summed E-state index contributed by atoms with van der Waals surface area (Å²) in [6.45, 7) is 5.39. The lowest BCUT2D eigenvalue weighted by Gasteiger charge is -2.18. The van der Waals surface area contributed by atoms with Crippen molar-refractivity contribution in [2.75, 3.05) is 30.3 Å². The van der Waals surface area contributed by atoms with Crippen LogP contribution in [0.5, 0.6) is 0 Å². The minimum absolute atomic E-state index is 0.00949.